The predicted molar refractivity (Wildman–Crippen MR) is 130 cm³/mol. The zero-order valence-corrected chi connectivity index (χ0v) is 20.8. The van der Waals surface area contributed by atoms with Crippen LogP contribution in [0, 0.1) is 26.7 Å². The van der Waals surface area contributed by atoms with Gasteiger partial charge in [-0.15, -0.1) is 0 Å². The van der Waals surface area contributed by atoms with Gasteiger partial charge in [0.25, 0.3) is 11.8 Å². The van der Waals surface area contributed by atoms with Crippen molar-refractivity contribution in [3.63, 3.8) is 0 Å². The summed E-state index contributed by atoms with van der Waals surface area (Å²) in [5, 5.41) is 5.59. The molecule has 0 spiro atoms. The molecule has 8 heteroatoms. The molecule has 1 aliphatic rings. The minimum Gasteiger partial charge on any atom is -0.352 e. The maximum absolute atomic E-state index is 13.4. The maximum atomic E-state index is 13.4. The number of sulfonamides is 1. The van der Waals surface area contributed by atoms with Crippen molar-refractivity contribution in [1.82, 2.24) is 9.62 Å². The predicted octanol–water partition coefficient (Wildman–Crippen LogP) is 4.03. The van der Waals surface area contributed by atoms with E-state index in [0.717, 1.165) is 24.0 Å². The second kappa shape index (κ2) is 10.1. The van der Waals surface area contributed by atoms with Gasteiger partial charge < -0.3 is 10.6 Å². The molecule has 2 N–H and O–H groups in total. The van der Waals surface area contributed by atoms with Gasteiger partial charge >= 0.3 is 0 Å². The molecule has 33 heavy (non-hydrogen) atoms. The number of aryl methyl sites for hydroxylation is 2. The molecule has 0 bridgehead atoms. The van der Waals surface area contributed by atoms with Crippen LogP contribution in [0.4, 0.5) is 5.69 Å². The molecule has 2 amide bonds. The molecule has 2 aromatic rings. The number of hydrogen-bond donors (Lipinski definition) is 2. The third-order valence-corrected chi connectivity index (χ3v) is 8.35. The average molecular weight is 472 g/mol. The van der Waals surface area contributed by atoms with Crippen LogP contribution in [0.2, 0.25) is 0 Å². The Bertz CT molecular complexity index is 1170. The third-order valence-electron chi connectivity index (χ3n) is 6.33. The van der Waals surface area contributed by atoms with Crippen molar-refractivity contribution in [2.45, 2.75) is 52.4 Å². The number of nitrogens with one attached hydrogen (secondary N) is 2. The smallest absolute Gasteiger partial charge is 0.255 e. The lowest BCUT2D eigenvalue weighted by Crippen LogP contribution is -2.38. The number of rotatable bonds is 6. The fourth-order valence-corrected chi connectivity index (χ4v) is 5.74. The fourth-order valence-electron chi connectivity index (χ4n) is 3.95. The second-order valence-corrected chi connectivity index (χ2v) is 10.8. The number of anilines is 1. The molecule has 1 fully saturated rings. The highest BCUT2D eigenvalue weighted by Gasteiger charge is 2.30. The van der Waals surface area contributed by atoms with Gasteiger partial charge in [0.05, 0.1) is 4.90 Å². The first kappa shape index (κ1) is 24.9. The molecule has 0 atom stereocenters. The van der Waals surface area contributed by atoms with E-state index < -0.39 is 15.9 Å². The maximum Gasteiger partial charge on any atom is 0.255 e. The van der Waals surface area contributed by atoms with Gasteiger partial charge in [-0.25, -0.2) is 8.42 Å². The van der Waals surface area contributed by atoms with Crippen molar-refractivity contribution in [3.8, 4) is 0 Å². The Balaban J connectivity index is 1.92. The summed E-state index contributed by atoms with van der Waals surface area (Å²) in [6.07, 6.45) is 1.66. The van der Waals surface area contributed by atoms with Crippen LogP contribution in [0.25, 0.3) is 0 Å². The van der Waals surface area contributed by atoms with Gasteiger partial charge in [0, 0.05) is 36.4 Å². The van der Waals surface area contributed by atoms with Crippen LogP contribution >= 0.6 is 0 Å². The van der Waals surface area contributed by atoms with Crippen molar-refractivity contribution in [2.24, 2.45) is 5.92 Å². The van der Waals surface area contributed by atoms with E-state index in [1.54, 1.807) is 31.2 Å². The van der Waals surface area contributed by atoms with Gasteiger partial charge in [-0.1, -0.05) is 13.0 Å². The fraction of sp³-hybridized carbons (Fsp3) is 0.440. The SMILES string of the molecule is CCNC(=O)c1ccc(C)c(NC(=O)c2cc(C)c(C)c(S(=O)(=O)N3CCC(C)CC3)c2)c1. The summed E-state index contributed by atoms with van der Waals surface area (Å²) in [6.45, 7) is 10.9. The number of carbonyl (C=O) groups excluding carboxylic acids is 2. The van der Waals surface area contributed by atoms with E-state index in [1.807, 2.05) is 20.8 Å². The molecule has 7 nitrogen and oxygen atoms in total. The van der Waals surface area contributed by atoms with Crippen molar-refractivity contribution < 1.29 is 18.0 Å². The topological polar surface area (TPSA) is 95.6 Å². The summed E-state index contributed by atoms with van der Waals surface area (Å²) in [5.41, 5.74) is 3.41. The van der Waals surface area contributed by atoms with E-state index in [1.165, 1.54) is 10.4 Å². The van der Waals surface area contributed by atoms with Crippen LogP contribution in [0.15, 0.2) is 35.2 Å². The number of benzene rings is 2. The van der Waals surface area contributed by atoms with Crippen molar-refractivity contribution in [1.29, 1.82) is 0 Å². The lowest BCUT2D eigenvalue weighted by molar-refractivity contribution is 0.0954. The summed E-state index contributed by atoms with van der Waals surface area (Å²) in [7, 11) is -3.70. The normalized spacial score (nSPS) is 15.3. The van der Waals surface area contributed by atoms with Crippen LogP contribution in [0.3, 0.4) is 0 Å². The number of nitrogens with zero attached hydrogens (tertiary/aromatic N) is 1. The van der Waals surface area contributed by atoms with E-state index in [-0.39, 0.29) is 16.4 Å². The van der Waals surface area contributed by atoms with Gasteiger partial charge in [0.2, 0.25) is 10.0 Å². The first-order valence-electron chi connectivity index (χ1n) is 11.4. The summed E-state index contributed by atoms with van der Waals surface area (Å²) >= 11 is 0. The van der Waals surface area contributed by atoms with Crippen LogP contribution in [0.5, 0.6) is 0 Å². The van der Waals surface area contributed by atoms with Crippen LogP contribution < -0.4 is 10.6 Å². The number of amides is 2. The molecule has 0 saturated carbocycles. The molecular formula is C25H33N3O4S. The Kier molecular flexibility index (Phi) is 7.59. The van der Waals surface area contributed by atoms with Gasteiger partial charge in [0.1, 0.15) is 0 Å². The van der Waals surface area contributed by atoms with E-state index in [0.29, 0.717) is 42.4 Å². The molecule has 0 aromatic heterocycles. The zero-order valence-electron chi connectivity index (χ0n) is 20.0. The second-order valence-electron chi connectivity index (χ2n) is 8.85. The van der Waals surface area contributed by atoms with E-state index in [4.69, 9.17) is 0 Å². The van der Waals surface area contributed by atoms with Crippen molar-refractivity contribution >= 4 is 27.5 Å². The van der Waals surface area contributed by atoms with Crippen LogP contribution in [0.1, 0.15) is 64.1 Å². The van der Waals surface area contributed by atoms with Gasteiger partial charge in [-0.05, 0) is 87.4 Å². The Morgan fingerprint density at radius 2 is 1.64 bits per heavy atom. The van der Waals surface area contributed by atoms with Gasteiger partial charge in [-0.3, -0.25) is 9.59 Å². The lowest BCUT2D eigenvalue weighted by atomic mass is 10.0. The molecule has 178 valence electrons. The standard InChI is InChI=1S/C25H33N3O4S/c1-6-26-24(29)20-8-7-17(3)22(14-20)27-25(30)21-13-18(4)19(5)23(15-21)33(31,32)28-11-9-16(2)10-12-28/h7-8,13-16H,6,9-12H2,1-5H3,(H,26,29)(H,27,30). The van der Waals surface area contributed by atoms with E-state index in [2.05, 4.69) is 17.6 Å². The van der Waals surface area contributed by atoms with Gasteiger partial charge in [-0.2, -0.15) is 4.31 Å². The monoisotopic (exact) mass is 471 g/mol. The molecule has 0 aliphatic carbocycles. The number of carbonyl (C=O) groups is 2. The molecule has 2 aromatic carbocycles. The summed E-state index contributed by atoms with van der Waals surface area (Å²) < 4.78 is 28.3. The van der Waals surface area contributed by atoms with Gasteiger partial charge in [0.15, 0.2) is 0 Å². The molecular weight excluding hydrogens is 438 g/mol. The van der Waals surface area contributed by atoms with E-state index >= 15 is 0 Å². The third kappa shape index (κ3) is 5.45. The Morgan fingerprint density at radius 1 is 0.970 bits per heavy atom. The summed E-state index contributed by atoms with van der Waals surface area (Å²) in [6, 6.07) is 8.27. The number of piperidine rings is 1. The van der Waals surface area contributed by atoms with Crippen LogP contribution in [-0.4, -0.2) is 44.2 Å². The molecule has 1 heterocycles. The lowest BCUT2D eigenvalue weighted by Gasteiger charge is -2.30. The molecule has 1 saturated heterocycles. The van der Waals surface area contributed by atoms with E-state index in [9.17, 15) is 18.0 Å². The highest BCUT2D eigenvalue weighted by Crippen LogP contribution is 2.28. The largest absolute Gasteiger partial charge is 0.352 e. The molecule has 1 aliphatic heterocycles. The summed E-state index contributed by atoms with van der Waals surface area (Å²) in [5.74, 6) is -0.129. The minimum absolute atomic E-state index is 0.176. The first-order chi connectivity index (χ1) is 15.5. The molecule has 0 radical (unpaired) electrons. The quantitative estimate of drug-likeness (QED) is 0.665. The minimum atomic E-state index is -3.70. The molecule has 3 rings (SSSR count). The number of hydrogen-bond acceptors (Lipinski definition) is 4. The molecule has 0 unspecified atom stereocenters. The highest BCUT2D eigenvalue weighted by atomic mass is 32.2. The van der Waals surface area contributed by atoms with Crippen LogP contribution in [-0.2, 0) is 10.0 Å². The Labute approximate surface area is 196 Å². The highest BCUT2D eigenvalue weighted by molar-refractivity contribution is 7.89. The van der Waals surface area contributed by atoms with Crippen molar-refractivity contribution in [3.05, 3.63) is 58.1 Å². The summed E-state index contributed by atoms with van der Waals surface area (Å²) in [4.78, 5) is 25.5. The average Bonchev–Trinajstić information content (AvgIpc) is 2.77. The Morgan fingerprint density at radius 3 is 2.27 bits per heavy atom. The Hall–Kier alpha value is -2.71. The van der Waals surface area contributed by atoms with Crippen molar-refractivity contribution in [2.75, 3.05) is 25.0 Å². The zero-order chi connectivity index (χ0) is 24.3. The first-order valence-corrected chi connectivity index (χ1v) is 12.8.